The number of hydroxylamine groups is 1. The summed E-state index contributed by atoms with van der Waals surface area (Å²) in [5.41, 5.74) is 4.35. The van der Waals surface area contributed by atoms with Crippen LogP contribution in [0.15, 0.2) is 73.1 Å². The van der Waals surface area contributed by atoms with Gasteiger partial charge in [0.25, 0.3) is 0 Å². The van der Waals surface area contributed by atoms with Crippen LogP contribution < -0.4 is 10.8 Å². The Labute approximate surface area is 251 Å². The first kappa shape index (κ1) is 30.4. The number of carbonyl (C=O) groups is 3. The number of nitrogens with one attached hydrogen (secondary N) is 2. The van der Waals surface area contributed by atoms with Crippen molar-refractivity contribution in [3.05, 3.63) is 84.4 Å². The van der Waals surface area contributed by atoms with Crippen molar-refractivity contribution in [2.24, 2.45) is 11.3 Å². The molecular formula is C34H39FN4O4. The Morgan fingerprint density at radius 1 is 0.977 bits per heavy atom. The fourth-order valence-electron chi connectivity index (χ4n) is 6.79. The number of pyridine rings is 1. The van der Waals surface area contributed by atoms with Crippen LogP contribution in [0.2, 0.25) is 0 Å². The summed E-state index contributed by atoms with van der Waals surface area (Å²) in [4.78, 5) is 46.1. The van der Waals surface area contributed by atoms with Gasteiger partial charge in [-0.3, -0.25) is 24.6 Å². The van der Waals surface area contributed by atoms with Crippen molar-refractivity contribution >= 4 is 23.4 Å². The topological polar surface area (TPSA) is 112 Å². The van der Waals surface area contributed by atoms with Crippen molar-refractivity contribution in [2.45, 2.75) is 70.3 Å². The summed E-state index contributed by atoms with van der Waals surface area (Å²) in [5.74, 6) is -1.24. The molecule has 2 unspecified atom stereocenters. The lowest BCUT2D eigenvalue weighted by atomic mass is 9.77. The Morgan fingerprint density at radius 3 is 2.28 bits per heavy atom. The standard InChI is InChI=1S/C34H39FN4O4/c35-28-14-12-26(13-15-28)25-10-8-24(9-11-25)5-4-18-34(23-30(40)38-43)19-22-39(33(34)42)31(27-6-2-1-3-7-27)32(41)37-29-16-20-36-21-17-29/h8-17,20-21,27,31,43H,1-7,18-19,22-23H2,(H,38,40)(H,36,37,41). The van der Waals surface area contributed by atoms with Crippen molar-refractivity contribution in [3.63, 3.8) is 0 Å². The quantitative estimate of drug-likeness (QED) is 0.191. The molecule has 1 aliphatic carbocycles. The molecule has 3 amide bonds. The van der Waals surface area contributed by atoms with Gasteiger partial charge in [0.05, 0.1) is 5.41 Å². The van der Waals surface area contributed by atoms with Gasteiger partial charge in [-0.05, 0) is 85.4 Å². The lowest BCUT2D eigenvalue weighted by Gasteiger charge is -2.37. The molecule has 2 atom stereocenters. The molecule has 2 heterocycles. The van der Waals surface area contributed by atoms with Crippen molar-refractivity contribution in [3.8, 4) is 11.1 Å². The fourth-order valence-corrected chi connectivity index (χ4v) is 6.79. The van der Waals surface area contributed by atoms with Gasteiger partial charge in [0, 0.05) is 31.0 Å². The largest absolute Gasteiger partial charge is 0.330 e. The first-order chi connectivity index (χ1) is 20.9. The Balaban J connectivity index is 1.31. The van der Waals surface area contributed by atoms with Crippen molar-refractivity contribution in [1.82, 2.24) is 15.4 Å². The summed E-state index contributed by atoms with van der Waals surface area (Å²) >= 11 is 0. The number of hydrogen-bond donors (Lipinski definition) is 3. The third-order valence-corrected chi connectivity index (χ3v) is 9.07. The number of halogens is 1. The van der Waals surface area contributed by atoms with Gasteiger partial charge < -0.3 is 10.2 Å². The number of aryl methyl sites for hydroxylation is 1. The van der Waals surface area contributed by atoms with E-state index in [0.717, 1.165) is 48.8 Å². The molecule has 43 heavy (non-hydrogen) atoms. The summed E-state index contributed by atoms with van der Waals surface area (Å²) in [6.07, 6.45) is 10.2. The SMILES string of the molecule is O=C(CC1(CCCc2ccc(-c3ccc(F)cc3)cc2)CCN(C(C(=O)Nc2ccncc2)C2CCCCC2)C1=O)NO. The maximum absolute atomic E-state index is 14.2. The van der Waals surface area contributed by atoms with E-state index in [-0.39, 0.29) is 30.0 Å². The van der Waals surface area contributed by atoms with Gasteiger partial charge >= 0.3 is 0 Å². The molecule has 8 nitrogen and oxygen atoms in total. The average Bonchev–Trinajstić information content (AvgIpc) is 3.33. The summed E-state index contributed by atoms with van der Waals surface area (Å²) in [7, 11) is 0. The molecule has 1 saturated carbocycles. The molecule has 2 fully saturated rings. The van der Waals surface area contributed by atoms with Crippen molar-refractivity contribution in [1.29, 1.82) is 0 Å². The number of anilines is 1. The number of aromatic nitrogens is 1. The zero-order chi connectivity index (χ0) is 30.2. The number of amides is 3. The van der Waals surface area contributed by atoms with Gasteiger partial charge in [0.1, 0.15) is 11.9 Å². The van der Waals surface area contributed by atoms with Gasteiger partial charge in [-0.1, -0.05) is 55.7 Å². The van der Waals surface area contributed by atoms with E-state index >= 15 is 0 Å². The van der Waals surface area contributed by atoms with E-state index < -0.39 is 17.4 Å². The lowest BCUT2D eigenvalue weighted by Crippen LogP contribution is -2.52. The highest BCUT2D eigenvalue weighted by atomic mass is 19.1. The second-order valence-electron chi connectivity index (χ2n) is 11.9. The van der Waals surface area contributed by atoms with Gasteiger partial charge in [-0.25, -0.2) is 9.87 Å². The van der Waals surface area contributed by atoms with Gasteiger partial charge in [0.15, 0.2) is 0 Å². The van der Waals surface area contributed by atoms with Crippen LogP contribution in [0.3, 0.4) is 0 Å². The molecule has 9 heteroatoms. The van der Waals surface area contributed by atoms with E-state index in [2.05, 4.69) is 10.3 Å². The zero-order valence-electron chi connectivity index (χ0n) is 24.3. The lowest BCUT2D eigenvalue weighted by molar-refractivity contribution is -0.147. The molecular weight excluding hydrogens is 547 g/mol. The van der Waals surface area contributed by atoms with Crippen LogP contribution in [0, 0.1) is 17.2 Å². The van der Waals surface area contributed by atoms with Crippen molar-refractivity contribution in [2.75, 3.05) is 11.9 Å². The maximum Gasteiger partial charge on any atom is 0.247 e. The predicted octanol–water partition coefficient (Wildman–Crippen LogP) is 5.91. The normalized spacial score (nSPS) is 19.7. The molecule has 1 aliphatic heterocycles. The molecule has 3 aromatic rings. The number of nitrogens with zero attached hydrogens (tertiary/aromatic N) is 2. The first-order valence-corrected chi connectivity index (χ1v) is 15.2. The summed E-state index contributed by atoms with van der Waals surface area (Å²) < 4.78 is 13.3. The maximum atomic E-state index is 14.2. The molecule has 0 spiro atoms. The van der Waals surface area contributed by atoms with Crippen LogP contribution in [0.4, 0.5) is 10.1 Å². The highest BCUT2D eigenvalue weighted by Crippen LogP contribution is 2.43. The third kappa shape index (κ3) is 7.28. The fraction of sp³-hybridized carbons (Fsp3) is 0.412. The second-order valence-corrected chi connectivity index (χ2v) is 11.9. The first-order valence-electron chi connectivity index (χ1n) is 15.2. The van der Waals surface area contributed by atoms with Crippen LogP contribution in [-0.4, -0.2) is 45.4 Å². The van der Waals surface area contributed by atoms with Gasteiger partial charge in [-0.15, -0.1) is 0 Å². The highest BCUT2D eigenvalue weighted by molar-refractivity contribution is 5.99. The molecule has 226 valence electrons. The van der Waals surface area contributed by atoms with Crippen LogP contribution >= 0.6 is 0 Å². The van der Waals surface area contributed by atoms with Crippen LogP contribution in [0.1, 0.15) is 63.4 Å². The van der Waals surface area contributed by atoms with E-state index in [1.54, 1.807) is 47.0 Å². The molecule has 5 rings (SSSR count). The molecule has 1 aromatic heterocycles. The van der Waals surface area contributed by atoms with Gasteiger partial charge in [0.2, 0.25) is 17.7 Å². The average molecular weight is 587 g/mol. The minimum absolute atomic E-state index is 0.0432. The summed E-state index contributed by atoms with van der Waals surface area (Å²) in [6.45, 7) is 0.384. The monoisotopic (exact) mass is 586 g/mol. The van der Waals surface area contributed by atoms with Crippen LogP contribution in [-0.2, 0) is 20.8 Å². The number of carbonyl (C=O) groups excluding carboxylic acids is 3. The molecule has 3 N–H and O–H groups in total. The highest BCUT2D eigenvalue weighted by Gasteiger charge is 2.51. The van der Waals surface area contributed by atoms with E-state index in [1.165, 1.54) is 12.1 Å². The number of hydrogen-bond acceptors (Lipinski definition) is 5. The predicted molar refractivity (Wildman–Crippen MR) is 161 cm³/mol. The third-order valence-electron chi connectivity index (χ3n) is 9.07. The van der Waals surface area contributed by atoms with E-state index in [1.807, 2.05) is 24.3 Å². The summed E-state index contributed by atoms with van der Waals surface area (Å²) in [5, 5.41) is 12.3. The van der Waals surface area contributed by atoms with Crippen molar-refractivity contribution < 1.29 is 24.0 Å². The van der Waals surface area contributed by atoms with Crippen LogP contribution in [0.5, 0.6) is 0 Å². The molecule has 2 aromatic carbocycles. The molecule has 2 aliphatic rings. The van der Waals surface area contributed by atoms with E-state index in [4.69, 9.17) is 0 Å². The smallest absolute Gasteiger partial charge is 0.247 e. The second kappa shape index (κ2) is 13.9. The Hall–Kier alpha value is -4.11. The van der Waals surface area contributed by atoms with E-state index in [0.29, 0.717) is 37.9 Å². The van der Waals surface area contributed by atoms with Crippen LogP contribution in [0.25, 0.3) is 11.1 Å². The Kier molecular flexibility index (Phi) is 9.82. The number of likely N-dealkylation sites (tertiary alicyclic amines) is 1. The Bertz CT molecular complexity index is 1390. The van der Waals surface area contributed by atoms with E-state index in [9.17, 15) is 24.0 Å². The molecule has 0 bridgehead atoms. The minimum atomic E-state index is -0.995. The number of rotatable bonds is 11. The minimum Gasteiger partial charge on any atom is -0.330 e. The number of benzene rings is 2. The molecule has 0 radical (unpaired) electrons. The zero-order valence-corrected chi connectivity index (χ0v) is 24.3. The Morgan fingerprint density at radius 2 is 1.63 bits per heavy atom. The molecule has 1 saturated heterocycles. The van der Waals surface area contributed by atoms with Gasteiger partial charge in [-0.2, -0.15) is 0 Å². The summed E-state index contributed by atoms with van der Waals surface area (Å²) in [6, 6.07) is 17.2.